The second-order valence-electron chi connectivity index (χ2n) is 3.57. The van der Waals surface area contributed by atoms with Crippen molar-refractivity contribution in [2.45, 2.75) is 6.92 Å². The predicted molar refractivity (Wildman–Crippen MR) is 68.1 cm³/mol. The number of aromatic nitrogens is 2. The summed E-state index contributed by atoms with van der Waals surface area (Å²) in [6, 6.07) is 4.01. The Bertz CT molecular complexity index is 695. The number of aryl methyl sites for hydroxylation is 1. The fourth-order valence-corrected chi connectivity index (χ4v) is 3.61. The SMILES string of the molecule is Cc1sc2nc(C(=O)O)cn2c1-c1cccs1. The molecule has 3 rings (SSSR count). The summed E-state index contributed by atoms with van der Waals surface area (Å²) in [5, 5.41) is 10.9. The van der Waals surface area contributed by atoms with Gasteiger partial charge in [0.15, 0.2) is 10.7 Å². The van der Waals surface area contributed by atoms with Gasteiger partial charge in [0.05, 0.1) is 10.6 Å². The second-order valence-corrected chi connectivity index (χ2v) is 5.70. The van der Waals surface area contributed by atoms with Gasteiger partial charge in [-0.1, -0.05) is 6.07 Å². The summed E-state index contributed by atoms with van der Waals surface area (Å²) in [5.41, 5.74) is 1.13. The van der Waals surface area contributed by atoms with Gasteiger partial charge < -0.3 is 5.11 Å². The number of carbonyl (C=O) groups is 1. The first-order valence-electron chi connectivity index (χ1n) is 4.92. The first-order chi connectivity index (χ1) is 8.16. The molecular formula is C11H8N2O2S2. The Kier molecular flexibility index (Phi) is 2.27. The molecule has 0 saturated heterocycles. The van der Waals surface area contributed by atoms with Crippen LogP contribution in [0.3, 0.4) is 0 Å². The molecule has 0 saturated carbocycles. The summed E-state index contributed by atoms with van der Waals surface area (Å²) < 4.78 is 1.86. The molecule has 86 valence electrons. The first kappa shape index (κ1) is 10.5. The second kappa shape index (κ2) is 3.68. The molecule has 0 bridgehead atoms. The van der Waals surface area contributed by atoms with Gasteiger partial charge >= 0.3 is 5.97 Å². The summed E-state index contributed by atoms with van der Waals surface area (Å²) in [7, 11) is 0. The van der Waals surface area contributed by atoms with Gasteiger partial charge in [0, 0.05) is 11.1 Å². The zero-order chi connectivity index (χ0) is 12.0. The summed E-state index contributed by atoms with van der Waals surface area (Å²) in [5.74, 6) is -0.990. The van der Waals surface area contributed by atoms with Crippen LogP contribution in [0.25, 0.3) is 15.5 Å². The molecule has 0 unspecified atom stereocenters. The number of thiazole rings is 1. The zero-order valence-corrected chi connectivity index (χ0v) is 10.5. The van der Waals surface area contributed by atoms with Crippen LogP contribution in [0.5, 0.6) is 0 Å². The highest BCUT2D eigenvalue weighted by Gasteiger charge is 2.16. The van der Waals surface area contributed by atoms with E-state index in [0.717, 1.165) is 20.4 Å². The van der Waals surface area contributed by atoms with Crippen molar-refractivity contribution in [3.63, 3.8) is 0 Å². The van der Waals surface area contributed by atoms with E-state index in [4.69, 9.17) is 5.11 Å². The van der Waals surface area contributed by atoms with Crippen molar-refractivity contribution in [3.8, 4) is 10.6 Å². The van der Waals surface area contributed by atoms with Crippen LogP contribution < -0.4 is 0 Å². The normalized spacial score (nSPS) is 11.1. The van der Waals surface area contributed by atoms with E-state index in [0.29, 0.717) is 0 Å². The highest BCUT2D eigenvalue weighted by molar-refractivity contribution is 7.18. The topological polar surface area (TPSA) is 54.6 Å². The Balaban J connectivity index is 2.29. The van der Waals surface area contributed by atoms with Crippen LogP contribution in [0.4, 0.5) is 0 Å². The Labute approximate surface area is 105 Å². The van der Waals surface area contributed by atoms with Gasteiger partial charge in [-0.2, -0.15) is 0 Å². The molecule has 3 aromatic rings. The molecule has 0 radical (unpaired) electrons. The highest BCUT2D eigenvalue weighted by atomic mass is 32.1. The van der Waals surface area contributed by atoms with E-state index in [2.05, 4.69) is 4.98 Å². The molecule has 4 nitrogen and oxygen atoms in total. The molecule has 6 heteroatoms. The molecule has 1 N–H and O–H groups in total. The maximum absolute atomic E-state index is 10.9. The average molecular weight is 264 g/mol. The third-order valence-corrected chi connectivity index (χ3v) is 4.31. The van der Waals surface area contributed by atoms with E-state index in [1.54, 1.807) is 17.5 Å². The van der Waals surface area contributed by atoms with Crippen LogP contribution in [0.2, 0.25) is 0 Å². The van der Waals surface area contributed by atoms with Gasteiger partial charge in [0.25, 0.3) is 0 Å². The zero-order valence-electron chi connectivity index (χ0n) is 8.88. The van der Waals surface area contributed by atoms with E-state index in [9.17, 15) is 4.79 Å². The van der Waals surface area contributed by atoms with Crippen molar-refractivity contribution in [3.05, 3.63) is 34.3 Å². The molecule has 0 spiro atoms. The van der Waals surface area contributed by atoms with Gasteiger partial charge in [0.1, 0.15) is 0 Å². The van der Waals surface area contributed by atoms with Gasteiger partial charge in [-0.15, -0.1) is 22.7 Å². The van der Waals surface area contributed by atoms with Crippen LogP contribution in [0, 0.1) is 6.92 Å². The summed E-state index contributed by atoms with van der Waals surface area (Å²) in [6.45, 7) is 2.02. The average Bonchev–Trinajstić information content (AvgIpc) is 2.91. The standard InChI is InChI=1S/C11H8N2O2S2/c1-6-9(8-3-2-4-16-8)13-5-7(10(14)15)12-11(13)17-6/h2-5H,1H3,(H,14,15). The number of carboxylic acid groups (broad SMARTS) is 1. The smallest absolute Gasteiger partial charge is 0.356 e. The van der Waals surface area contributed by atoms with Gasteiger partial charge in [-0.3, -0.25) is 4.40 Å². The molecule has 3 heterocycles. The minimum Gasteiger partial charge on any atom is -0.476 e. The first-order valence-corrected chi connectivity index (χ1v) is 6.62. The number of hydrogen-bond acceptors (Lipinski definition) is 4. The quantitative estimate of drug-likeness (QED) is 0.773. The van der Waals surface area contributed by atoms with Crippen molar-refractivity contribution in [2.24, 2.45) is 0 Å². The van der Waals surface area contributed by atoms with Crippen LogP contribution in [-0.2, 0) is 0 Å². The van der Waals surface area contributed by atoms with E-state index >= 15 is 0 Å². The fraction of sp³-hybridized carbons (Fsp3) is 0.0909. The monoisotopic (exact) mass is 264 g/mol. The van der Waals surface area contributed by atoms with E-state index in [1.807, 2.05) is 28.8 Å². The van der Waals surface area contributed by atoms with Gasteiger partial charge in [0.2, 0.25) is 0 Å². The van der Waals surface area contributed by atoms with Crippen LogP contribution in [0.1, 0.15) is 15.4 Å². The lowest BCUT2D eigenvalue weighted by Gasteiger charge is -1.96. The molecule has 0 aromatic carbocycles. The largest absolute Gasteiger partial charge is 0.476 e. The number of carboxylic acids is 1. The maximum Gasteiger partial charge on any atom is 0.356 e. The molecule has 0 aliphatic heterocycles. The molecule has 17 heavy (non-hydrogen) atoms. The Hall–Kier alpha value is -1.66. The number of nitrogens with zero attached hydrogens (tertiary/aromatic N) is 2. The minimum atomic E-state index is -0.990. The van der Waals surface area contributed by atoms with Crippen molar-refractivity contribution >= 4 is 33.6 Å². The molecule has 0 atom stereocenters. The number of imidazole rings is 1. The lowest BCUT2D eigenvalue weighted by molar-refractivity contribution is 0.0691. The third-order valence-electron chi connectivity index (χ3n) is 2.47. The number of rotatable bonds is 2. The van der Waals surface area contributed by atoms with E-state index < -0.39 is 5.97 Å². The van der Waals surface area contributed by atoms with Crippen LogP contribution in [-0.4, -0.2) is 20.5 Å². The Morgan fingerprint density at radius 3 is 3.00 bits per heavy atom. The maximum atomic E-state index is 10.9. The van der Waals surface area contributed by atoms with Crippen molar-refractivity contribution in [1.82, 2.24) is 9.38 Å². The third kappa shape index (κ3) is 1.57. The van der Waals surface area contributed by atoms with Crippen molar-refractivity contribution in [1.29, 1.82) is 0 Å². The Morgan fingerprint density at radius 1 is 1.53 bits per heavy atom. The van der Waals surface area contributed by atoms with Crippen molar-refractivity contribution in [2.75, 3.05) is 0 Å². The number of thiophene rings is 1. The molecule has 0 aliphatic carbocycles. The number of fused-ring (bicyclic) bond motifs is 1. The van der Waals surface area contributed by atoms with E-state index in [1.165, 1.54) is 11.3 Å². The molecule has 0 aliphatic rings. The lowest BCUT2D eigenvalue weighted by Crippen LogP contribution is -1.95. The van der Waals surface area contributed by atoms with Crippen molar-refractivity contribution < 1.29 is 9.90 Å². The van der Waals surface area contributed by atoms with E-state index in [-0.39, 0.29) is 5.69 Å². The highest BCUT2D eigenvalue weighted by Crippen LogP contribution is 2.33. The minimum absolute atomic E-state index is 0.0917. The summed E-state index contributed by atoms with van der Waals surface area (Å²) in [6.07, 6.45) is 1.58. The molecule has 0 fully saturated rings. The van der Waals surface area contributed by atoms with Crippen LogP contribution >= 0.6 is 22.7 Å². The number of aromatic carboxylic acids is 1. The predicted octanol–water partition coefficient (Wildman–Crippen LogP) is 3.13. The summed E-state index contributed by atoms with van der Waals surface area (Å²) in [4.78, 5) is 18.0. The number of hydrogen-bond donors (Lipinski definition) is 1. The van der Waals surface area contributed by atoms with Gasteiger partial charge in [-0.05, 0) is 18.4 Å². The van der Waals surface area contributed by atoms with Crippen LogP contribution in [0.15, 0.2) is 23.7 Å². The fourth-order valence-electron chi connectivity index (χ4n) is 1.76. The molecular weight excluding hydrogens is 256 g/mol. The molecule has 3 aromatic heterocycles. The Morgan fingerprint density at radius 2 is 2.35 bits per heavy atom. The molecule has 0 amide bonds. The van der Waals surface area contributed by atoms with Gasteiger partial charge in [-0.25, -0.2) is 9.78 Å². The summed E-state index contributed by atoms with van der Waals surface area (Å²) >= 11 is 3.15. The lowest BCUT2D eigenvalue weighted by atomic mass is 10.3.